The molecular formula is C17H17FN2O. The maximum absolute atomic E-state index is 13.7. The lowest BCUT2D eigenvalue weighted by molar-refractivity contribution is 0.100. The van der Waals surface area contributed by atoms with E-state index < -0.39 is 11.7 Å². The molecule has 0 aromatic heterocycles. The van der Waals surface area contributed by atoms with Crippen molar-refractivity contribution in [3.63, 3.8) is 0 Å². The van der Waals surface area contributed by atoms with Crippen LogP contribution in [-0.4, -0.2) is 5.91 Å². The predicted octanol–water partition coefficient (Wildman–Crippen LogP) is 3.41. The van der Waals surface area contributed by atoms with E-state index in [1.54, 1.807) is 0 Å². The second-order valence-corrected chi connectivity index (χ2v) is 5.43. The highest BCUT2D eigenvalue weighted by atomic mass is 19.1. The van der Waals surface area contributed by atoms with Crippen molar-refractivity contribution in [1.82, 2.24) is 0 Å². The van der Waals surface area contributed by atoms with Crippen LogP contribution in [0.2, 0.25) is 0 Å². The first-order valence-corrected chi connectivity index (χ1v) is 7.05. The third-order valence-electron chi connectivity index (χ3n) is 3.73. The zero-order chi connectivity index (χ0) is 14.8. The predicted molar refractivity (Wildman–Crippen MR) is 80.7 cm³/mol. The monoisotopic (exact) mass is 284 g/mol. The molecule has 2 aromatic rings. The van der Waals surface area contributed by atoms with Gasteiger partial charge < -0.3 is 11.1 Å². The number of carbonyl (C=O) groups is 1. The number of anilines is 1. The van der Waals surface area contributed by atoms with E-state index in [0.29, 0.717) is 23.7 Å². The van der Waals surface area contributed by atoms with Crippen LogP contribution in [0.4, 0.5) is 10.1 Å². The zero-order valence-electron chi connectivity index (χ0n) is 11.6. The van der Waals surface area contributed by atoms with Crippen molar-refractivity contribution in [2.75, 3.05) is 5.32 Å². The first-order valence-electron chi connectivity index (χ1n) is 7.05. The van der Waals surface area contributed by atoms with Crippen LogP contribution >= 0.6 is 0 Å². The molecule has 0 bridgehead atoms. The first kappa shape index (κ1) is 13.6. The molecule has 4 heteroatoms. The molecule has 1 fully saturated rings. The Bertz CT molecular complexity index is 680. The van der Waals surface area contributed by atoms with Crippen LogP contribution in [0.5, 0.6) is 0 Å². The highest BCUT2D eigenvalue weighted by molar-refractivity contribution is 5.93. The van der Waals surface area contributed by atoms with Gasteiger partial charge in [-0.3, -0.25) is 4.79 Å². The third-order valence-corrected chi connectivity index (χ3v) is 3.73. The van der Waals surface area contributed by atoms with Gasteiger partial charge >= 0.3 is 0 Å². The number of amides is 1. The summed E-state index contributed by atoms with van der Waals surface area (Å²) in [5, 5.41) is 3.03. The van der Waals surface area contributed by atoms with Gasteiger partial charge in [-0.1, -0.05) is 24.3 Å². The second-order valence-electron chi connectivity index (χ2n) is 5.43. The molecule has 3 rings (SSSR count). The fraction of sp³-hybridized carbons (Fsp3) is 0.235. The fourth-order valence-corrected chi connectivity index (χ4v) is 2.38. The van der Waals surface area contributed by atoms with Gasteiger partial charge in [-0.05, 0) is 48.1 Å². The van der Waals surface area contributed by atoms with E-state index in [2.05, 4.69) is 17.4 Å². The summed E-state index contributed by atoms with van der Waals surface area (Å²) in [6.45, 7) is 0.514. The molecule has 0 heterocycles. The van der Waals surface area contributed by atoms with Gasteiger partial charge in [-0.2, -0.15) is 0 Å². The van der Waals surface area contributed by atoms with Crippen LogP contribution in [0.25, 0.3) is 0 Å². The molecule has 3 N–H and O–H groups in total. The van der Waals surface area contributed by atoms with Gasteiger partial charge in [-0.15, -0.1) is 0 Å². The summed E-state index contributed by atoms with van der Waals surface area (Å²) in [6.07, 6.45) is 2.51. The Balaban J connectivity index is 1.73. The van der Waals surface area contributed by atoms with Crippen LogP contribution in [0.1, 0.15) is 40.2 Å². The second kappa shape index (κ2) is 5.56. The number of nitrogens with one attached hydrogen (secondary N) is 1. The summed E-state index contributed by atoms with van der Waals surface area (Å²) in [5.41, 5.74) is 8.25. The number of primary amides is 1. The smallest absolute Gasteiger partial charge is 0.248 e. The van der Waals surface area contributed by atoms with E-state index in [9.17, 15) is 9.18 Å². The number of benzene rings is 2. The first-order chi connectivity index (χ1) is 10.1. The highest BCUT2D eigenvalue weighted by Crippen LogP contribution is 2.40. The maximum Gasteiger partial charge on any atom is 0.248 e. The SMILES string of the molecule is NC(=O)c1ccc(F)c(NCc2cccc(C3CC3)c2)c1. The lowest BCUT2D eigenvalue weighted by Crippen LogP contribution is -2.12. The van der Waals surface area contributed by atoms with Crippen molar-refractivity contribution < 1.29 is 9.18 Å². The summed E-state index contributed by atoms with van der Waals surface area (Å²) < 4.78 is 13.7. The molecule has 0 radical (unpaired) electrons. The average molecular weight is 284 g/mol. The lowest BCUT2D eigenvalue weighted by Gasteiger charge is -2.10. The standard InChI is InChI=1S/C17H17FN2O/c18-15-7-6-14(17(19)21)9-16(15)20-10-11-2-1-3-13(8-11)12-4-5-12/h1-3,6-9,12,20H,4-5,10H2,(H2,19,21). The van der Waals surface area contributed by atoms with Crippen molar-refractivity contribution in [2.24, 2.45) is 5.73 Å². The summed E-state index contributed by atoms with van der Waals surface area (Å²) in [4.78, 5) is 11.1. The molecule has 0 spiro atoms. The van der Waals surface area contributed by atoms with Crippen LogP contribution < -0.4 is 11.1 Å². The van der Waals surface area contributed by atoms with Gasteiger partial charge in [0.1, 0.15) is 5.82 Å². The molecular weight excluding hydrogens is 267 g/mol. The minimum atomic E-state index is -0.561. The Morgan fingerprint density at radius 3 is 2.76 bits per heavy atom. The molecule has 1 aliphatic carbocycles. The summed E-state index contributed by atoms with van der Waals surface area (Å²) >= 11 is 0. The third kappa shape index (κ3) is 3.21. The summed E-state index contributed by atoms with van der Waals surface area (Å²) in [5.74, 6) is -0.257. The van der Waals surface area contributed by atoms with Gasteiger partial charge in [-0.25, -0.2) is 4.39 Å². The lowest BCUT2D eigenvalue weighted by atomic mass is 10.1. The zero-order valence-corrected chi connectivity index (χ0v) is 11.6. The molecule has 21 heavy (non-hydrogen) atoms. The quantitative estimate of drug-likeness (QED) is 0.884. The van der Waals surface area contributed by atoms with Crippen molar-refractivity contribution >= 4 is 11.6 Å². The summed E-state index contributed by atoms with van der Waals surface area (Å²) in [7, 11) is 0. The van der Waals surface area contributed by atoms with E-state index in [1.165, 1.54) is 36.6 Å². The van der Waals surface area contributed by atoms with E-state index in [-0.39, 0.29) is 0 Å². The molecule has 3 nitrogen and oxygen atoms in total. The van der Waals surface area contributed by atoms with E-state index in [1.807, 2.05) is 12.1 Å². The molecule has 0 unspecified atom stereocenters. The van der Waals surface area contributed by atoms with E-state index >= 15 is 0 Å². The Hall–Kier alpha value is -2.36. The normalized spacial score (nSPS) is 14.0. The topological polar surface area (TPSA) is 55.1 Å². The summed E-state index contributed by atoms with van der Waals surface area (Å²) in [6, 6.07) is 12.4. The van der Waals surface area contributed by atoms with Gasteiger partial charge in [0.15, 0.2) is 0 Å². The van der Waals surface area contributed by atoms with Gasteiger partial charge in [0.05, 0.1) is 5.69 Å². The Morgan fingerprint density at radius 2 is 2.05 bits per heavy atom. The van der Waals surface area contributed by atoms with Crippen molar-refractivity contribution in [1.29, 1.82) is 0 Å². The van der Waals surface area contributed by atoms with Crippen LogP contribution in [-0.2, 0) is 6.54 Å². The van der Waals surface area contributed by atoms with Crippen LogP contribution in [0.15, 0.2) is 42.5 Å². The number of halogens is 1. The minimum Gasteiger partial charge on any atom is -0.379 e. The van der Waals surface area contributed by atoms with Crippen LogP contribution in [0, 0.1) is 5.82 Å². The Labute approximate surface area is 123 Å². The minimum absolute atomic E-state index is 0.295. The van der Waals surface area contributed by atoms with Gasteiger partial charge in [0.2, 0.25) is 5.91 Å². The number of rotatable bonds is 5. The molecule has 0 saturated heterocycles. The van der Waals surface area contributed by atoms with Crippen molar-refractivity contribution in [3.05, 3.63) is 65.0 Å². The number of nitrogens with two attached hydrogens (primary N) is 1. The van der Waals surface area contributed by atoms with Gasteiger partial charge in [0.25, 0.3) is 0 Å². The number of hydrogen-bond acceptors (Lipinski definition) is 2. The number of carbonyl (C=O) groups excluding carboxylic acids is 1. The molecule has 0 atom stereocenters. The average Bonchev–Trinajstić information content (AvgIpc) is 3.31. The maximum atomic E-state index is 13.7. The van der Waals surface area contributed by atoms with E-state index in [0.717, 1.165) is 5.56 Å². The molecule has 108 valence electrons. The largest absolute Gasteiger partial charge is 0.379 e. The molecule has 1 aliphatic rings. The number of hydrogen-bond donors (Lipinski definition) is 2. The van der Waals surface area contributed by atoms with Crippen molar-refractivity contribution in [3.8, 4) is 0 Å². The fourth-order valence-electron chi connectivity index (χ4n) is 2.38. The molecule has 1 saturated carbocycles. The molecule has 2 aromatic carbocycles. The van der Waals surface area contributed by atoms with Crippen molar-refractivity contribution in [2.45, 2.75) is 25.3 Å². The highest BCUT2D eigenvalue weighted by Gasteiger charge is 2.23. The van der Waals surface area contributed by atoms with Crippen LogP contribution in [0.3, 0.4) is 0 Å². The molecule has 0 aliphatic heterocycles. The van der Waals surface area contributed by atoms with Gasteiger partial charge in [0, 0.05) is 12.1 Å². The molecule has 1 amide bonds. The Kier molecular flexibility index (Phi) is 3.60. The Morgan fingerprint density at radius 1 is 1.24 bits per heavy atom. The van der Waals surface area contributed by atoms with E-state index in [4.69, 9.17) is 5.73 Å².